The third kappa shape index (κ3) is 6.58. The average Bonchev–Trinajstić information content (AvgIpc) is 2.72. The van der Waals surface area contributed by atoms with E-state index in [0.717, 1.165) is 29.5 Å². The summed E-state index contributed by atoms with van der Waals surface area (Å²) >= 11 is 0. The zero-order chi connectivity index (χ0) is 24.3. The second kappa shape index (κ2) is 9.86. The van der Waals surface area contributed by atoms with Crippen LogP contribution in [0.2, 0.25) is 19.6 Å². The molecule has 0 unspecified atom stereocenters. The van der Waals surface area contributed by atoms with Crippen LogP contribution in [-0.4, -0.2) is 37.1 Å². The molecule has 1 fully saturated rings. The molecule has 3 rings (SSSR count). The molecule has 5 heteroatoms. The van der Waals surface area contributed by atoms with Crippen molar-refractivity contribution in [1.29, 1.82) is 0 Å². The van der Waals surface area contributed by atoms with Crippen molar-refractivity contribution in [1.82, 2.24) is 4.90 Å². The summed E-state index contributed by atoms with van der Waals surface area (Å²) in [6, 6.07) is 20.3. The zero-order valence-electron chi connectivity index (χ0n) is 21.1. The number of nitrogens with zero attached hydrogens (tertiary/aromatic N) is 1. The van der Waals surface area contributed by atoms with E-state index in [-0.39, 0.29) is 12.1 Å². The van der Waals surface area contributed by atoms with Gasteiger partial charge in [0.05, 0.1) is 11.6 Å². The van der Waals surface area contributed by atoms with Crippen LogP contribution in [0, 0.1) is 0 Å². The highest BCUT2D eigenvalue weighted by molar-refractivity contribution is 6.69. The van der Waals surface area contributed by atoms with Gasteiger partial charge >= 0.3 is 6.09 Å². The minimum atomic E-state index is -1.99. The van der Waals surface area contributed by atoms with Gasteiger partial charge in [0.25, 0.3) is 0 Å². The zero-order valence-corrected chi connectivity index (χ0v) is 22.1. The Hall–Kier alpha value is -2.37. The van der Waals surface area contributed by atoms with Gasteiger partial charge in [-0.1, -0.05) is 67.2 Å². The molecule has 4 nitrogen and oxygen atoms in total. The van der Waals surface area contributed by atoms with Gasteiger partial charge in [0.15, 0.2) is 8.32 Å². The van der Waals surface area contributed by atoms with Crippen LogP contribution in [0.15, 0.2) is 67.2 Å². The Kier molecular flexibility index (Phi) is 7.54. The first-order chi connectivity index (χ1) is 15.4. The second-order valence-corrected chi connectivity index (χ2v) is 15.4. The maximum atomic E-state index is 13.4. The predicted octanol–water partition coefficient (Wildman–Crippen LogP) is 7.45. The molecule has 0 aromatic heterocycles. The lowest BCUT2D eigenvalue weighted by Crippen LogP contribution is -2.58. The molecule has 0 radical (unpaired) electrons. The van der Waals surface area contributed by atoms with E-state index in [9.17, 15) is 4.79 Å². The van der Waals surface area contributed by atoms with Gasteiger partial charge in [-0.05, 0) is 70.0 Å². The summed E-state index contributed by atoms with van der Waals surface area (Å²) in [7, 11) is -1.99. The minimum absolute atomic E-state index is 0.255. The van der Waals surface area contributed by atoms with Crippen molar-refractivity contribution in [3.8, 4) is 0 Å². The number of benzene rings is 2. The van der Waals surface area contributed by atoms with Crippen LogP contribution < -0.4 is 0 Å². The Balaban J connectivity index is 2.10. The lowest BCUT2D eigenvalue weighted by atomic mass is 9.76. The van der Waals surface area contributed by atoms with Crippen molar-refractivity contribution in [2.45, 2.75) is 76.9 Å². The number of rotatable bonds is 6. The summed E-state index contributed by atoms with van der Waals surface area (Å²) < 4.78 is 12.9. The van der Waals surface area contributed by atoms with Gasteiger partial charge in [0.2, 0.25) is 0 Å². The lowest BCUT2D eigenvalue weighted by Gasteiger charge is -2.52. The minimum Gasteiger partial charge on any atom is -0.444 e. The van der Waals surface area contributed by atoms with Crippen molar-refractivity contribution in [2.24, 2.45) is 0 Å². The number of likely N-dealkylation sites (tertiary alicyclic amines) is 1. The Bertz CT molecular complexity index is 947. The van der Waals surface area contributed by atoms with E-state index < -0.39 is 19.5 Å². The quantitative estimate of drug-likeness (QED) is 0.416. The summed E-state index contributed by atoms with van der Waals surface area (Å²) in [6.07, 6.45) is 2.09. The molecule has 0 bridgehead atoms. The van der Waals surface area contributed by atoms with E-state index in [1.807, 2.05) is 62.1 Å². The van der Waals surface area contributed by atoms with E-state index in [1.54, 1.807) is 0 Å². The first-order valence-electron chi connectivity index (χ1n) is 11.9. The van der Waals surface area contributed by atoms with Gasteiger partial charge in [-0.2, -0.15) is 0 Å². The van der Waals surface area contributed by atoms with Gasteiger partial charge in [-0.3, -0.25) is 4.90 Å². The number of piperidine rings is 1. The van der Waals surface area contributed by atoms with E-state index in [4.69, 9.17) is 9.16 Å². The van der Waals surface area contributed by atoms with Crippen LogP contribution in [0.3, 0.4) is 0 Å². The molecule has 178 valence electrons. The summed E-state index contributed by atoms with van der Waals surface area (Å²) in [6.45, 7) is 17.5. The van der Waals surface area contributed by atoms with Crippen molar-refractivity contribution in [3.63, 3.8) is 0 Å². The molecule has 1 heterocycles. The normalized spacial score (nSPS) is 21.5. The smallest absolute Gasteiger partial charge is 0.410 e. The summed E-state index contributed by atoms with van der Waals surface area (Å²) in [5.41, 5.74) is 2.07. The fraction of sp³-hybridized carbons (Fsp3) is 0.464. The van der Waals surface area contributed by atoms with Gasteiger partial charge in [-0.15, -0.1) is 0 Å². The fourth-order valence-electron chi connectivity index (χ4n) is 4.81. The molecule has 2 atom stereocenters. The highest BCUT2D eigenvalue weighted by Crippen LogP contribution is 2.48. The van der Waals surface area contributed by atoms with Crippen LogP contribution in [-0.2, 0) is 9.16 Å². The molecule has 1 aliphatic rings. The lowest BCUT2D eigenvalue weighted by molar-refractivity contribution is -0.0718. The number of hydrogen-bond donors (Lipinski definition) is 0. The maximum absolute atomic E-state index is 13.4. The number of amides is 1. The number of carbonyl (C=O) groups excluding carboxylic acids is 1. The summed E-state index contributed by atoms with van der Waals surface area (Å²) in [4.78, 5) is 15.3. The molecule has 33 heavy (non-hydrogen) atoms. The van der Waals surface area contributed by atoms with Gasteiger partial charge < -0.3 is 9.16 Å². The molecule has 0 N–H and O–H groups in total. The standard InChI is InChI=1S/C28H39NO3Si/c1-22(23-15-10-8-11-16-23)21-28(32-33(5,6)7)19-14-20-29(26(30)31-27(2,3)4)25(28)24-17-12-9-13-18-24/h8-13,15-18,25H,1,14,19-21H2,2-7H3/t25-,28+/m1/s1. The maximum Gasteiger partial charge on any atom is 0.410 e. The van der Waals surface area contributed by atoms with Crippen LogP contribution >= 0.6 is 0 Å². The first-order valence-corrected chi connectivity index (χ1v) is 15.3. The Morgan fingerprint density at radius 2 is 1.64 bits per heavy atom. The highest BCUT2D eigenvalue weighted by Gasteiger charge is 2.51. The molecule has 1 aliphatic heterocycles. The average molecular weight is 466 g/mol. The van der Waals surface area contributed by atoms with Gasteiger partial charge in [0, 0.05) is 13.0 Å². The molecule has 2 aromatic carbocycles. The van der Waals surface area contributed by atoms with Gasteiger partial charge in [-0.25, -0.2) is 4.79 Å². The van der Waals surface area contributed by atoms with Crippen molar-refractivity contribution >= 4 is 20.0 Å². The molecule has 0 spiro atoms. The van der Waals surface area contributed by atoms with E-state index in [1.165, 1.54) is 0 Å². The van der Waals surface area contributed by atoms with Crippen molar-refractivity contribution in [3.05, 3.63) is 78.4 Å². The molecule has 0 saturated carbocycles. The van der Waals surface area contributed by atoms with Crippen LogP contribution in [0.4, 0.5) is 4.79 Å². The molecule has 1 saturated heterocycles. The Labute approximate surface area is 200 Å². The number of carbonyl (C=O) groups is 1. The fourth-order valence-corrected chi connectivity index (χ4v) is 6.32. The molecular weight excluding hydrogens is 426 g/mol. The largest absolute Gasteiger partial charge is 0.444 e. The topological polar surface area (TPSA) is 38.8 Å². The summed E-state index contributed by atoms with van der Waals surface area (Å²) in [5, 5.41) is 0. The predicted molar refractivity (Wildman–Crippen MR) is 139 cm³/mol. The molecule has 1 amide bonds. The molecular formula is C28H39NO3Si. The van der Waals surface area contributed by atoms with Crippen molar-refractivity contribution in [2.75, 3.05) is 6.54 Å². The highest BCUT2D eigenvalue weighted by atomic mass is 28.4. The molecule has 2 aromatic rings. The van der Waals surface area contributed by atoms with E-state index in [0.29, 0.717) is 13.0 Å². The van der Waals surface area contributed by atoms with Crippen LogP contribution in [0.25, 0.3) is 5.57 Å². The number of ether oxygens (including phenoxy) is 1. The SMILES string of the molecule is C=C(C[C@@]1(O[Si](C)(C)C)CCCN(C(=O)OC(C)(C)C)[C@@H]1c1ccccc1)c1ccccc1. The first kappa shape index (κ1) is 25.3. The van der Waals surface area contributed by atoms with Gasteiger partial charge in [0.1, 0.15) is 5.60 Å². The summed E-state index contributed by atoms with van der Waals surface area (Å²) in [5.74, 6) is 0. The second-order valence-electron chi connectivity index (χ2n) is 11.0. The third-order valence-electron chi connectivity index (χ3n) is 5.76. The van der Waals surface area contributed by atoms with E-state index >= 15 is 0 Å². The van der Waals surface area contributed by atoms with Crippen LogP contribution in [0.5, 0.6) is 0 Å². The van der Waals surface area contributed by atoms with Crippen LogP contribution in [0.1, 0.15) is 57.2 Å². The molecule has 0 aliphatic carbocycles. The number of hydrogen-bond acceptors (Lipinski definition) is 3. The Morgan fingerprint density at radius 1 is 1.06 bits per heavy atom. The van der Waals surface area contributed by atoms with E-state index in [2.05, 4.69) is 50.5 Å². The Morgan fingerprint density at radius 3 is 2.18 bits per heavy atom. The monoisotopic (exact) mass is 465 g/mol. The van der Waals surface area contributed by atoms with Crippen molar-refractivity contribution < 1.29 is 14.0 Å². The third-order valence-corrected chi connectivity index (χ3v) is 6.78.